The molecule has 0 aromatic carbocycles. The molecule has 2 heteroatoms. The second-order valence-corrected chi connectivity index (χ2v) is 7.14. The molecule has 17 heavy (non-hydrogen) atoms. The Kier molecular flexibility index (Phi) is 5.71. The Bertz CT molecular complexity index is 244. The quantitative estimate of drug-likeness (QED) is 0.665. The number of thioether (sulfide) groups is 1. The van der Waals surface area contributed by atoms with Crippen molar-refractivity contribution in [2.24, 2.45) is 5.92 Å². The zero-order chi connectivity index (χ0) is 11.9. The molecule has 0 N–H and O–H groups in total. The highest BCUT2D eigenvalue weighted by molar-refractivity contribution is 8.00. The summed E-state index contributed by atoms with van der Waals surface area (Å²) in [5.74, 6) is 0.689. The molecule has 0 aliphatic heterocycles. The number of nitriles is 1. The summed E-state index contributed by atoms with van der Waals surface area (Å²) in [6.45, 7) is 0. The molecule has 1 atom stereocenters. The summed E-state index contributed by atoms with van der Waals surface area (Å²) in [4.78, 5) is 0. The Hall–Kier alpha value is -0.160. The van der Waals surface area contributed by atoms with Gasteiger partial charge in [-0.15, -0.1) is 11.8 Å². The molecule has 2 fully saturated rings. The molecule has 0 spiro atoms. The maximum atomic E-state index is 9.43. The topological polar surface area (TPSA) is 23.8 Å². The Morgan fingerprint density at radius 2 is 1.35 bits per heavy atom. The van der Waals surface area contributed by atoms with E-state index >= 15 is 0 Å². The Labute approximate surface area is 110 Å². The fourth-order valence-electron chi connectivity index (χ4n) is 3.27. The van der Waals surface area contributed by atoms with Gasteiger partial charge in [0.15, 0.2) is 0 Å². The number of rotatable bonds is 3. The Morgan fingerprint density at radius 1 is 0.824 bits per heavy atom. The normalized spacial score (nSPS) is 26.1. The molecule has 0 radical (unpaired) electrons. The average molecular weight is 251 g/mol. The highest BCUT2D eigenvalue weighted by Gasteiger charge is 2.26. The average Bonchev–Trinajstić information content (AvgIpc) is 2.66. The molecule has 0 heterocycles. The monoisotopic (exact) mass is 251 g/mol. The van der Waals surface area contributed by atoms with Crippen LogP contribution in [-0.2, 0) is 0 Å². The van der Waals surface area contributed by atoms with Crippen LogP contribution >= 0.6 is 11.8 Å². The summed E-state index contributed by atoms with van der Waals surface area (Å²) in [5.41, 5.74) is 0. The fraction of sp³-hybridized carbons (Fsp3) is 0.933. The molecule has 2 aliphatic rings. The van der Waals surface area contributed by atoms with Crippen LogP contribution in [0.5, 0.6) is 0 Å². The van der Waals surface area contributed by atoms with Crippen LogP contribution in [0.2, 0.25) is 0 Å². The zero-order valence-corrected chi connectivity index (χ0v) is 11.7. The van der Waals surface area contributed by atoms with E-state index in [4.69, 9.17) is 0 Å². The summed E-state index contributed by atoms with van der Waals surface area (Å²) in [7, 11) is 0. The van der Waals surface area contributed by atoms with Gasteiger partial charge in [-0.2, -0.15) is 5.26 Å². The first kappa shape index (κ1) is 13.3. The summed E-state index contributed by atoms with van der Waals surface area (Å²) in [6, 6.07) is 2.61. The van der Waals surface area contributed by atoms with Crippen molar-refractivity contribution < 1.29 is 0 Å². The van der Waals surface area contributed by atoms with Gasteiger partial charge in [0.25, 0.3) is 0 Å². The van der Waals surface area contributed by atoms with Crippen molar-refractivity contribution in [2.75, 3.05) is 0 Å². The molecule has 0 aromatic heterocycles. The van der Waals surface area contributed by atoms with E-state index in [1.165, 1.54) is 70.6 Å². The molecule has 2 saturated carbocycles. The molecule has 2 aliphatic carbocycles. The van der Waals surface area contributed by atoms with Crippen LogP contribution in [0.4, 0.5) is 0 Å². The third-order valence-corrected chi connectivity index (χ3v) is 5.99. The fourth-order valence-corrected chi connectivity index (χ4v) is 4.84. The molecule has 0 amide bonds. The van der Waals surface area contributed by atoms with Crippen LogP contribution in [0.3, 0.4) is 0 Å². The molecule has 0 bridgehead atoms. The first-order valence-electron chi connectivity index (χ1n) is 7.45. The molecule has 0 aromatic rings. The van der Waals surface area contributed by atoms with Crippen molar-refractivity contribution >= 4 is 11.8 Å². The van der Waals surface area contributed by atoms with E-state index in [1.807, 2.05) is 11.8 Å². The number of hydrogen-bond acceptors (Lipinski definition) is 2. The Balaban J connectivity index is 1.84. The largest absolute Gasteiger partial charge is 0.197 e. The summed E-state index contributed by atoms with van der Waals surface area (Å²) in [6.07, 6.45) is 15.0. The van der Waals surface area contributed by atoms with E-state index in [9.17, 15) is 5.26 Å². The highest BCUT2D eigenvalue weighted by Crippen LogP contribution is 2.37. The van der Waals surface area contributed by atoms with Gasteiger partial charge < -0.3 is 0 Å². The summed E-state index contributed by atoms with van der Waals surface area (Å²) >= 11 is 2.02. The smallest absolute Gasteiger partial charge is 0.0947 e. The predicted octanol–water partition coefficient (Wildman–Crippen LogP) is 4.91. The van der Waals surface area contributed by atoms with Crippen LogP contribution < -0.4 is 0 Å². The van der Waals surface area contributed by atoms with Crippen LogP contribution in [0.1, 0.15) is 70.6 Å². The third-order valence-electron chi connectivity index (χ3n) is 4.35. The Morgan fingerprint density at radius 3 is 1.94 bits per heavy atom. The minimum Gasteiger partial charge on any atom is -0.197 e. The first-order valence-corrected chi connectivity index (χ1v) is 8.39. The van der Waals surface area contributed by atoms with Crippen LogP contribution in [0.15, 0.2) is 0 Å². The summed E-state index contributed by atoms with van der Waals surface area (Å²) in [5, 5.41) is 10.5. The lowest BCUT2D eigenvalue weighted by molar-refractivity contribution is 0.472. The zero-order valence-electron chi connectivity index (χ0n) is 10.9. The second kappa shape index (κ2) is 7.31. The SMILES string of the molecule is N#CC(SC1CCCCC1)C1CCCCCC1. The van der Waals surface area contributed by atoms with Gasteiger partial charge in [0.2, 0.25) is 0 Å². The molecule has 1 unspecified atom stereocenters. The van der Waals surface area contributed by atoms with Crippen molar-refractivity contribution in [1.82, 2.24) is 0 Å². The van der Waals surface area contributed by atoms with Gasteiger partial charge in [-0.3, -0.25) is 0 Å². The number of hydrogen-bond donors (Lipinski definition) is 0. The lowest BCUT2D eigenvalue weighted by Crippen LogP contribution is -2.20. The lowest BCUT2D eigenvalue weighted by Gasteiger charge is -2.27. The molecule has 96 valence electrons. The molecular weight excluding hydrogens is 226 g/mol. The van der Waals surface area contributed by atoms with Gasteiger partial charge in [-0.05, 0) is 31.6 Å². The first-order chi connectivity index (χ1) is 8.40. The molecule has 2 rings (SSSR count). The lowest BCUT2D eigenvalue weighted by atomic mass is 9.97. The molecule has 1 nitrogen and oxygen atoms in total. The maximum Gasteiger partial charge on any atom is 0.0947 e. The van der Waals surface area contributed by atoms with Crippen LogP contribution in [0.25, 0.3) is 0 Å². The van der Waals surface area contributed by atoms with Crippen LogP contribution in [-0.4, -0.2) is 10.5 Å². The van der Waals surface area contributed by atoms with E-state index in [-0.39, 0.29) is 5.25 Å². The molecule has 0 saturated heterocycles. The second-order valence-electron chi connectivity index (χ2n) is 5.70. The van der Waals surface area contributed by atoms with Crippen molar-refractivity contribution in [2.45, 2.75) is 81.1 Å². The van der Waals surface area contributed by atoms with Crippen molar-refractivity contribution in [3.05, 3.63) is 0 Å². The van der Waals surface area contributed by atoms with E-state index in [2.05, 4.69) is 6.07 Å². The van der Waals surface area contributed by atoms with Crippen molar-refractivity contribution in [3.8, 4) is 6.07 Å². The van der Waals surface area contributed by atoms with E-state index in [0.717, 1.165) is 5.25 Å². The van der Waals surface area contributed by atoms with Crippen LogP contribution in [0, 0.1) is 17.2 Å². The molecular formula is C15H25NS. The van der Waals surface area contributed by atoms with Gasteiger partial charge in [0.05, 0.1) is 11.3 Å². The van der Waals surface area contributed by atoms with Gasteiger partial charge in [-0.25, -0.2) is 0 Å². The predicted molar refractivity (Wildman–Crippen MR) is 75.1 cm³/mol. The van der Waals surface area contributed by atoms with Gasteiger partial charge in [-0.1, -0.05) is 44.9 Å². The van der Waals surface area contributed by atoms with Gasteiger partial charge >= 0.3 is 0 Å². The van der Waals surface area contributed by atoms with E-state index in [0.29, 0.717) is 5.92 Å². The summed E-state index contributed by atoms with van der Waals surface area (Å²) < 4.78 is 0. The van der Waals surface area contributed by atoms with E-state index in [1.54, 1.807) is 0 Å². The number of nitrogens with zero attached hydrogens (tertiary/aromatic N) is 1. The highest BCUT2D eigenvalue weighted by atomic mass is 32.2. The van der Waals surface area contributed by atoms with Gasteiger partial charge in [0.1, 0.15) is 0 Å². The maximum absolute atomic E-state index is 9.43. The van der Waals surface area contributed by atoms with Gasteiger partial charge in [0, 0.05) is 5.25 Å². The van der Waals surface area contributed by atoms with Crippen molar-refractivity contribution in [1.29, 1.82) is 5.26 Å². The van der Waals surface area contributed by atoms with Crippen molar-refractivity contribution in [3.63, 3.8) is 0 Å². The minimum absolute atomic E-state index is 0.288. The minimum atomic E-state index is 0.288. The van der Waals surface area contributed by atoms with E-state index < -0.39 is 0 Å². The third kappa shape index (κ3) is 4.21. The standard InChI is InChI=1S/C15H25NS/c16-12-15(13-8-4-1-2-5-9-13)17-14-10-6-3-7-11-14/h13-15H,1-11H2.